The minimum absolute atomic E-state index is 0.0436. The predicted octanol–water partition coefficient (Wildman–Crippen LogP) is 4.77. The van der Waals surface area contributed by atoms with E-state index in [1.54, 1.807) is 29.8 Å². The molecule has 0 saturated carbocycles. The zero-order valence-electron chi connectivity index (χ0n) is 18.0. The van der Waals surface area contributed by atoms with Gasteiger partial charge in [0, 0.05) is 11.6 Å². The molecular formula is C24H23N3O4S. The van der Waals surface area contributed by atoms with Crippen LogP contribution in [0.1, 0.15) is 16.7 Å². The van der Waals surface area contributed by atoms with Crippen LogP contribution in [0.5, 0.6) is 17.2 Å². The van der Waals surface area contributed by atoms with Crippen molar-refractivity contribution in [3.63, 3.8) is 0 Å². The molecule has 7 nitrogen and oxygen atoms in total. The third-order valence-corrected chi connectivity index (χ3v) is 5.20. The van der Waals surface area contributed by atoms with Gasteiger partial charge in [0.05, 0.1) is 7.11 Å². The largest absolute Gasteiger partial charge is 0.493 e. The molecular weight excluding hydrogens is 426 g/mol. The number of anilines is 1. The number of nitriles is 1. The number of carbonyl (C=O) groups is 1. The highest BCUT2D eigenvalue weighted by atomic mass is 32.1. The number of methoxy groups -OCH3 is 1. The summed E-state index contributed by atoms with van der Waals surface area (Å²) in [6, 6.07) is 13.1. The summed E-state index contributed by atoms with van der Waals surface area (Å²) < 4.78 is 17.1. The summed E-state index contributed by atoms with van der Waals surface area (Å²) in [6.45, 7) is 4.72. The number of nitrogens with zero attached hydrogens (tertiary/aromatic N) is 2. The molecule has 32 heavy (non-hydrogen) atoms. The van der Waals surface area contributed by atoms with Crippen molar-refractivity contribution in [1.29, 1.82) is 5.26 Å². The molecule has 1 aromatic heterocycles. The van der Waals surface area contributed by atoms with Crippen molar-refractivity contribution in [3.8, 4) is 23.3 Å². The second kappa shape index (κ2) is 11.0. The number of carbonyl (C=O) groups excluding carboxylic acids is 1. The number of benzene rings is 2. The van der Waals surface area contributed by atoms with Crippen molar-refractivity contribution in [1.82, 2.24) is 4.98 Å². The number of ether oxygens (including phenoxy) is 3. The molecule has 2 aromatic carbocycles. The number of thiazole rings is 1. The van der Waals surface area contributed by atoms with Crippen molar-refractivity contribution in [2.24, 2.45) is 0 Å². The second-order valence-electron chi connectivity index (χ2n) is 6.79. The molecule has 0 bridgehead atoms. The van der Waals surface area contributed by atoms with E-state index in [0.717, 1.165) is 16.9 Å². The Morgan fingerprint density at radius 1 is 1.16 bits per heavy atom. The Labute approximate surface area is 190 Å². The van der Waals surface area contributed by atoms with Crippen LogP contribution in [0, 0.1) is 25.2 Å². The van der Waals surface area contributed by atoms with Gasteiger partial charge in [0.1, 0.15) is 30.6 Å². The molecule has 164 valence electrons. The van der Waals surface area contributed by atoms with Gasteiger partial charge in [0.15, 0.2) is 16.6 Å². The fraction of sp³-hybridized carbons (Fsp3) is 0.208. The summed E-state index contributed by atoms with van der Waals surface area (Å²) in [5.74, 6) is 1.37. The number of hydrogen-bond acceptors (Lipinski definition) is 7. The van der Waals surface area contributed by atoms with E-state index in [0.29, 0.717) is 35.4 Å². The fourth-order valence-electron chi connectivity index (χ4n) is 2.98. The van der Waals surface area contributed by atoms with Gasteiger partial charge in [-0.05, 0) is 48.7 Å². The molecule has 1 heterocycles. The molecule has 0 aliphatic carbocycles. The van der Waals surface area contributed by atoms with Crippen LogP contribution in [-0.2, 0) is 4.79 Å². The van der Waals surface area contributed by atoms with E-state index in [9.17, 15) is 10.1 Å². The molecule has 0 atom stereocenters. The normalized spacial score (nSPS) is 10.9. The Bertz CT molecular complexity index is 1130. The van der Waals surface area contributed by atoms with Crippen molar-refractivity contribution >= 4 is 28.5 Å². The maximum Gasteiger partial charge on any atom is 0.268 e. The zero-order valence-corrected chi connectivity index (χ0v) is 18.9. The number of para-hydroxylation sites is 1. The van der Waals surface area contributed by atoms with Crippen molar-refractivity contribution in [2.75, 3.05) is 25.6 Å². The van der Waals surface area contributed by atoms with Crippen LogP contribution >= 0.6 is 11.3 Å². The Morgan fingerprint density at radius 2 is 1.91 bits per heavy atom. The lowest BCUT2D eigenvalue weighted by Gasteiger charge is -2.14. The number of nitrogens with one attached hydrogen (secondary N) is 1. The van der Waals surface area contributed by atoms with Crippen LogP contribution < -0.4 is 19.5 Å². The number of amides is 1. The molecule has 1 N–H and O–H groups in total. The van der Waals surface area contributed by atoms with Crippen molar-refractivity contribution in [2.45, 2.75) is 13.8 Å². The first-order valence-corrected chi connectivity index (χ1v) is 10.7. The van der Waals surface area contributed by atoms with Crippen LogP contribution in [0.2, 0.25) is 0 Å². The van der Waals surface area contributed by atoms with E-state index in [-0.39, 0.29) is 5.57 Å². The molecule has 3 aromatic rings. The van der Waals surface area contributed by atoms with Gasteiger partial charge >= 0.3 is 0 Å². The van der Waals surface area contributed by atoms with Gasteiger partial charge in [0.25, 0.3) is 5.91 Å². The lowest BCUT2D eigenvalue weighted by atomic mass is 10.1. The number of hydrogen-bond donors (Lipinski definition) is 1. The monoisotopic (exact) mass is 449 g/mol. The van der Waals surface area contributed by atoms with E-state index in [2.05, 4.69) is 10.3 Å². The SMILES string of the molecule is COc1cc(/C=C(\C#N)C(=O)Nc2nccs2)ccc1OCCOc1c(C)cccc1C. The Kier molecular flexibility index (Phi) is 7.84. The Balaban J connectivity index is 1.64. The van der Waals surface area contributed by atoms with Gasteiger partial charge in [-0.1, -0.05) is 24.3 Å². The van der Waals surface area contributed by atoms with Gasteiger partial charge in [-0.25, -0.2) is 4.98 Å². The molecule has 0 spiro atoms. The standard InChI is InChI=1S/C24H23N3O4S/c1-16-5-4-6-17(2)22(16)31-11-10-30-20-8-7-18(14-21(20)29-3)13-19(15-25)23(28)27-24-26-9-12-32-24/h4-9,12-14H,10-11H2,1-3H3,(H,26,27,28)/b19-13+. The number of aromatic nitrogens is 1. The average Bonchev–Trinajstić information content (AvgIpc) is 3.30. The highest BCUT2D eigenvalue weighted by Gasteiger charge is 2.12. The van der Waals surface area contributed by atoms with Crippen LogP contribution in [0.4, 0.5) is 5.13 Å². The van der Waals surface area contributed by atoms with Crippen LogP contribution in [0.25, 0.3) is 6.08 Å². The van der Waals surface area contributed by atoms with Crippen LogP contribution in [-0.4, -0.2) is 31.2 Å². The third kappa shape index (κ3) is 5.86. The third-order valence-electron chi connectivity index (χ3n) is 4.51. The van der Waals surface area contributed by atoms with Crippen molar-refractivity contribution in [3.05, 3.63) is 70.2 Å². The fourth-order valence-corrected chi connectivity index (χ4v) is 3.50. The van der Waals surface area contributed by atoms with E-state index in [1.165, 1.54) is 24.5 Å². The lowest BCUT2D eigenvalue weighted by molar-refractivity contribution is -0.112. The predicted molar refractivity (Wildman–Crippen MR) is 124 cm³/mol. The maximum absolute atomic E-state index is 12.3. The summed E-state index contributed by atoms with van der Waals surface area (Å²) >= 11 is 1.28. The van der Waals surface area contributed by atoms with E-state index >= 15 is 0 Å². The van der Waals surface area contributed by atoms with E-state index in [1.807, 2.05) is 38.1 Å². The molecule has 0 fully saturated rings. The summed E-state index contributed by atoms with van der Waals surface area (Å²) in [5.41, 5.74) is 2.74. The quantitative estimate of drug-likeness (QED) is 0.287. The van der Waals surface area contributed by atoms with Gasteiger partial charge in [0.2, 0.25) is 0 Å². The smallest absolute Gasteiger partial charge is 0.268 e. The summed E-state index contributed by atoms with van der Waals surface area (Å²) in [4.78, 5) is 16.3. The maximum atomic E-state index is 12.3. The van der Waals surface area contributed by atoms with E-state index in [4.69, 9.17) is 14.2 Å². The number of aryl methyl sites for hydroxylation is 2. The highest BCUT2D eigenvalue weighted by molar-refractivity contribution is 7.13. The van der Waals surface area contributed by atoms with Gasteiger partial charge in [-0.15, -0.1) is 11.3 Å². The highest BCUT2D eigenvalue weighted by Crippen LogP contribution is 2.29. The van der Waals surface area contributed by atoms with Crippen LogP contribution in [0.3, 0.4) is 0 Å². The van der Waals surface area contributed by atoms with E-state index < -0.39 is 5.91 Å². The Hall–Kier alpha value is -3.83. The summed E-state index contributed by atoms with van der Waals surface area (Å²) in [7, 11) is 1.53. The van der Waals surface area contributed by atoms with Crippen molar-refractivity contribution < 1.29 is 19.0 Å². The molecule has 0 aliphatic rings. The Morgan fingerprint density at radius 3 is 2.56 bits per heavy atom. The second-order valence-corrected chi connectivity index (χ2v) is 7.68. The molecule has 0 unspecified atom stereocenters. The molecule has 0 radical (unpaired) electrons. The number of rotatable bonds is 9. The van der Waals surface area contributed by atoms with Gasteiger partial charge in [-0.2, -0.15) is 5.26 Å². The topological polar surface area (TPSA) is 93.5 Å². The van der Waals surface area contributed by atoms with Gasteiger partial charge in [-0.3, -0.25) is 10.1 Å². The minimum Gasteiger partial charge on any atom is -0.493 e. The van der Waals surface area contributed by atoms with Crippen LogP contribution in [0.15, 0.2) is 53.5 Å². The van der Waals surface area contributed by atoms with Gasteiger partial charge < -0.3 is 14.2 Å². The minimum atomic E-state index is -0.523. The first kappa shape index (κ1) is 22.8. The zero-order chi connectivity index (χ0) is 22.9. The first-order chi connectivity index (χ1) is 15.5. The molecule has 0 saturated heterocycles. The molecule has 1 amide bonds. The molecule has 8 heteroatoms. The first-order valence-electron chi connectivity index (χ1n) is 9.84. The average molecular weight is 450 g/mol. The molecule has 3 rings (SSSR count). The summed E-state index contributed by atoms with van der Waals surface area (Å²) in [5, 5.41) is 14.1. The molecule has 0 aliphatic heterocycles. The lowest BCUT2D eigenvalue weighted by Crippen LogP contribution is -2.13. The summed E-state index contributed by atoms with van der Waals surface area (Å²) in [6.07, 6.45) is 3.06.